The van der Waals surface area contributed by atoms with Gasteiger partial charge in [-0.2, -0.15) is 15.5 Å². The van der Waals surface area contributed by atoms with Gasteiger partial charge < -0.3 is 10.1 Å². The van der Waals surface area contributed by atoms with Gasteiger partial charge in [0.1, 0.15) is 18.5 Å². The number of hydrogen-bond acceptors (Lipinski definition) is 7. The van der Waals surface area contributed by atoms with Gasteiger partial charge in [0.25, 0.3) is 0 Å². The first kappa shape index (κ1) is 15.4. The maximum absolute atomic E-state index is 12.2. The van der Waals surface area contributed by atoms with Crippen molar-refractivity contribution < 1.29 is 9.53 Å². The Bertz CT molecular complexity index is 915. The Hall–Kier alpha value is -3.53. The van der Waals surface area contributed by atoms with E-state index in [0.29, 0.717) is 34.4 Å². The van der Waals surface area contributed by atoms with Gasteiger partial charge in [-0.05, 0) is 18.2 Å². The summed E-state index contributed by atoms with van der Waals surface area (Å²) < 4.78 is 5.25. The molecule has 0 bridgehead atoms. The predicted octanol–water partition coefficient (Wildman–Crippen LogP) is 2.17. The van der Waals surface area contributed by atoms with Gasteiger partial charge in [0.15, 0.2) is 0 Å². The van der Waals surface area contributed by atoms with E-state index in [1.54, 1.807) is 30.5 Å². The zero-order chi connectivity index (χ0) is 16.8. The van der Waals surface area contributed by atoms with Gasteiger partial charge in [0, 0.05) is 11.6 Å². The quantitative estimate of drug-likeness (QED) is 0.568. The van der Waals surface area contributed by atoms with Crippen LogP contribution in [-0.2, 0) is 4.74 Å². The van der Waals surface area contributed by atoms with Crippen molar-refractivity contribution in [2.75, 3.05) is 18.5 Å². The van der Waals surface area contributed by atoms with E-state index in [1.807, 2.05) is 18.2 Å². The normalized spacial score (nSPS) is 10.1. The molecule has 3 aromatic rings. The lowest BCUT2D eigenvalue weighted by Crippen LogP contribution is -2.15. The third-order valence-corrected chi connectivity index (χ3v) is 3.32. The average Bonchev–Trinajstić information content (AvgIpc) is 2.65. The van der Waals surface area contributed by atoms with Gasteiger partial charge in [-0.15, -0.1) is 0 Å². The first-order valence-electron chi connectivity index (χ1n) is 7.26. The molecule has 3 rings (SSSR count). The topological polar surface area (TPSA) is 101 Å². The van der Waals surface area contributed by atoms with Crippen molar-refractivity contribution in [3.05, 3.63) is 59.9 Å². The Balaban J connectivity index is 1.61. The second kappa shape index (κ2) is 7.15. The number of nitrogens with zero attached hydrogens (tertiary/aromatic N) is 4. The van der Waals surface area contributed by atoms with Crippen LogP contribution in [0.2, 0.25) is 0 Å². The number of anilines is 1. The summed E-state index contributed by atoms with van der Waals surface area (Å²) in [5.41, 5.74) is 1.45. The number of aromatic nitrogens is 3. The van der Waals surface area contributed by atoms with Crippen molar-refractivity contribution in [2.45, 2.75) is 0 Å². The summed E-state index contributed by atoms with van der Waals surface area (Å²) in [6.07, 6.45) is 2.98. The molecule has 0 saturated heterocycles. The van der Waals surface area contributed by atoms with Gasteiger partial charge in [-0.1, -0.05) is 18.2 Å². The molecule has 1 N–H and O–H groups in total. The van der Waals surface area contributed by atoms with Gasteiger partial charge in [-0.3, -0.25) is 0 Å². The highest BCUT2D eigenvalue weighted by molar-refractivity contribution is 6.02. The lowest BCUT2D eigenvalue weighted by molar-refractivity contribution is 0.0522. The zero-order valence-electron chi connectivity index (χ0n) is 12.6. The SMILES string of the molecule is N#Cc1cccnc1NCCOC(=O)c1cnnc2ccccc12. The second-order valence-corrected chi connectivity index (χ2v) is 4.85. The number of rotatable bonds is 5. The van der Waals surface area contributed by atoms with Crippen molar-refractivity contribution in [3.63, 3.8) is 0 Å². The number of nitrogens with one attached hydrogen (secondary N) is 1. The van der Waals surface area contributed by atoms with E-state index in [-0.39, 0.29) is 6.61 Å². The summed E-state index contributed by atoms with van der Waals surface area (Å²) >= 11 is 0. The Labute approximate surface area is 137 Å². The van der Waals surface area contributed by atoms with Crippen molar-refractivity contribution in [1.29, 1.82) is 5.26 Å². The fraction of sp³-hybridized carbons (Fsp3) is 0.118. The molecule has 2 heterocycles. The summed E-state index contributed by atoms with van der Waals surface area (Å²) in [4.78, 5) is 16.3. The largest absolute Gasteiger partial charge is 0.460 e. The van der Waals surface area contributed by atoms with Gasteiger partial charge in [0.05, 0.1) is 29.4 Å². The highest BCUT2D eigenvalue weighted by Gasteiger charge is 2.12. The molecule has 7 heteroatoms. The van der Waals surface area contributed by atoms with Crippen LogP contribution < -0.4 is 5.32 Å². The Morgan fingerprint density at radius 1 is 1.25 bits per heavy atom. The van der Waals surface area contributed by atoms with Crippen LogP contribution in [0.1, 0.15) is 15.9 Å². The minimum Gasteiger partial charge on any atom is -0.460 e. The first-order valence-corrected chi connectivity index (χ1v) is 7.26. The molecule has 0 unspecified atom stereocenters. The molecule has 118 valence electrons. The van der Waals surface area contributed by atoms with Gasteiger partial charge in [0.2, 0.25) is 0 Å². The molecule has 2 aromatic heterocycles. The molecule has 0 radical (unpaired) electrons. The maximum Gasteiger partial charge on any atom is 0.340 e. The standard InChI is InChI=1S/C17H13N5O2/c18-10-12-4-3-7-19-16(12)20-8-9-24-17(23)14-11-21-22-15-6-2-1-5-13(14)15/h1-7,11H,8-9H2,(H,19,20). The fourth-order valence-electron chi connectivity index (χ4n) is 2.20. The molecule has 1 aromatic carbocycles. The molecule has 0 spiro atoms. The second-order valence-electron chi connectivity index (χ2n) is 4.85. The lowest BCUT2D eigenvalue weighted by Gasteiger charge is -2.08. The lowest BCUT2D eigenvalue weighted by atomic mass is 10.1. The number of carbonyl (C=O) groups is 1. The molecule has 0 aliphatic carbocycles. The van der Waals surface area contributed by atoms with Crippen LogP contribution in [0.15, 0.2) is 48.8 Å². The van der Waals surface area contributed by atoms with E-state index in [1.165, 1.54) is 6.20 Å². The van der Waals surface area contributed by atoms with Crippen LogP contribution in [0, 0.1) is 11.3 Å². The number of hydrogen-bond donors (Lipinski definition) is 1. The molecule has 24 heavy (non-hydrogen) atoms. The van der Waals surface area contributed by atoms with E-state index < -0.39 is 5.97 Å². The van der Waals surface area contributed by atoms with Crippen molar-refractivity contribution >= 4 is 22.7 Å². The summed E-state index contributed by atoms with van der Waals surface area (Å²) in [6, 6.07) is 12.6. The van der Waals surface area contributed by atoms with Crippen molar-refractivity contribution in [1.82, 2.24) is 15.2 Å². The number of ether oxygens (including phenoxy) is 1. The molecule has 7 nitrogen and oxygen atoms in total. The van der Waals surface area contributed by atoms with E-state index in [2.05, 4.69) is 20.5 Å². The summed E-state index contributed by atoms with van der Waals surface area (Å²) in [7, 11) is 0. The average molecular weight is 319 g/mol. The summed E-state index contributed by atoms with van der Waals surface area (Å²) in [6.45, 7) is 0.477. The van der Waals surface area contributed by atoms with Gasteiger partial charge in [-0.25, -0.2) is 9.78 Å². The van der Waals surface area contributed by atoms with Crippen molar-refractivity contribution in [3.8, 4) is 6.07 Å². The van der Waals surface area contributed by atoms with E-state index in [4.69, 9.17) is 10.00 Å². The first-order chi connectivity index (χ1) is 11.8. The Morgan fingerprint density at radius 2 is 2.12 bits per heavy atom. The third-order valence-electron chi connectivity index (χ3n) is 3.32. The molecule has 0 aliphatic rings. The van der Waals surface area contributed by atoms with Crippen LogP contribution in [0.25, 0.3) is 10.9 Å². The number of nitriles is 1. The highest BCUT2D eigenvalue weighted by atomic mass is 16.5. The predicted molar refractivity (Wildman–Crippen MR) is 87.3 cm³/mol. The highest BCUT2D eigenvalue weighted by Crippen LogP contribution is 2.16. The zero-order valence-corrected chi connectivity index (χ0v) is 12.6. The smallest absolute Gasteiger partial charge is 0.340 e. The summed E-state index contributed by atoms with van der Waals surface area (Å²) in [5.74, 6) is -0.00324. The minimum absolute atomic E-state index is 0.136. The van der Waals surface area contributed by atoms with Crippen LogP contribution in [-0.4, -0.2) is 34.3 Å². The number of fused-ring (bicyclic) bond motifs is 1. The number of carbonyl (C=O) groups excluding carboxylic acids is 1. The van der Waals surface area contributed by atoms with Gasteiger partial charge >= 0.3 is 5.97 Å². The van der Waals surface area contributed by atoms with E-state index in [0.717, 1.165) is 0 Å². The Morgan fingerprint density at radius 3 is 3.00 bits per heavy atom. The number of benzene rings is 1. The van der Waals surface area contributed by atoms with Crippen LogP contribution in [0.5, 0.6) is 0 Å². The molecule has 0 atom stereocenters. The van der Waals surface area contributed by atoms with Crippen molar-refractivity contribution in [2.24, 2.45) is 0 Å². The fourth-order valence-corrected chi connectivity index (χ4v) is 2.20. The molecule has 0 saturated carbocycles. The van der Waals surface area contributed by atoms with E-state index in [9.17, 15) is 4.79 Å². The van der Waals surface area contributed by atoms with E-state index >= 15 is 0 Å². The minimum atomic E-state index is -0.468. The monoisotopic (exact) mass is 319 g/mol. The Kier molecular flexibility index (Phi) is 4.58. The molecular formula is C17H13N5O2. The van der Waals surface area contributed by atoms with Crippen LogP contribution in [0.3, 0.4) is 0 Å². The van der Waals surface area contributed by atoms with Crippen LogP contribution in [0.4, 0.5) is 5.82 Å². The maximum atomic E-state index is 12.2. The third kappa shape index (κ3) is 3.28. The summed E-state index contributed by atoms with van der Waals surface area (Å²) in [5, 5.41) is 20.4. The number of esters is 1. The molecule has 0 amide bonds. The van der Waals surface area contributed by atoms with Crippen LogP contribution >= 0.6 is 0 Å². The number of pyridine rings is 1. The molecule has 0 fully saturated rings. The molecule has 0 aliphatic heterocycles. The molecular weight excluding hydrogens is 306 g/mol.